The number of nitrogens with zero attached hydrogens (tertiary/aromatic N) is 2. The number of carbonyl (C=O) groups is 3. The first-order valence-electron chi connectivity index (χ1n) is 12.1. The molecular weight excluding hydrogens is 472 g/mol. The number of hydrogen-bond acceptors (Lipinski definition) is 5. The number of fused-ring (bicyclic) bond motifs is 1. The zero-order valence-electron chi connectivity index (χ0n) is 20.3. The van der Waals surface area contributed by atoms with Crippen LogP contribution in [0.4, 0.5) is 5.69 Å². The molecule has 6 atom stereocenters. The lowest BCUT2D eigenvalue weighted by Gasteiger charge is -2.40. The van der Waals surface area contributed by atoms with Crippen molar-refractivity contribution in [3.8, 4) is 0 Å². The van der Waals surface area contributed by atoms with Crippen molar-refractivity contribution in [2.45, 2.75) is 63.3 Å². The predicted octanol–water partition coefficient (Wildman–Crippen LogP) is 3.12. The van der Waals surface area contributed by atoms with E-state index in [0.29, 0.717) is 30.0 Å². The van der Waals surface area contributed by atoms with Gasteiger partial charge in [-0.1, -0.05) is 38.4 Å². The third-order valence-corrected chi connectivity index (χ3v) is 8.40. The zero-order chi connectivity index (χ0) is 25.7. The number of aliphatic hydroxyl groups excluding tert-OH is 1. The number of ether oxygens (including phenoxy) is 1. The van der Waals surface area contributed by atoms with E-state index >= 15 is 0 Å². The Morgan fingerprint density at radius 2 is 1.97 bits per heavy atom. The smallest absolute Gasteiger partial charge is 0.310 e. The fraction of sp³-hybridized carbons (Fsp3) is 0.577. The lowest BCUT2D eigenvalue weighted by molar-refractivity contribution is -0.158. The SMILES string of the molecule is C=CCN(C(=O)C1N([C@@H](CO)C(C)C)C(=O)[C@@H]2[C@H](C(=O)O)[C@]3(CC)CCC12O3)c1ccc(Cl)cc1. The van der Waals surface area contributed by atoms with E-state index in [1.54, 1.807) is 30.3 Å². The molecule has 2 bridgehead atoms. The van der Waals surface area contributed by atoms with Crippen molar-refractivity contribution in [2.75, 3.05) is 18.1 Å². The molecule has 190 valence electrons. The highest BCUT2D eigenvalue weighted by molar-refractivity contribution is 6.30. The molecule has 2 unspecified atom stereocenters. The lowest BCUT2D eigenvalue weighted by atomic mass is 9.65. The second kappa shape index (κ2) is 9.22. The van der Waals surface area contributed by atoms with E-state index in [-0.39, 0.29) is 25.0 Å². The minimum atomic E-state index is -1.28. The highest BCUT2D eigenvalue weighted by Gasteiger charge is 2.79. The molecule has 35 heavy (non-hydrogen) atoms. The van der Waals surface area contributed by atoms with Crippen LogP contribution in [0.15, 0.2) is 36.9 Å². The van der Waals surface area contributed by atoms with Crippen LogP contribution >= 0.6 is 11.6 Å². The van der Waals surface area contributed by atoms with Crippen molar-refractivity contribution in [3.05, 3.63) is 41.9 Å². The van der Waals surface area contributed by atoms with Crippen LogP contribution in [-0.4, -0.2) is 69.3 Å². The van der Waals surface area contributed by atoms with Gasteiger partial charge >= 0.3 is 5.97 Å². The molecule has 9 heteroatoms. The molecule has 3 fully saturated rings. The molecule has 1 aromatic rings. The summed E-state index contributed by atoms with van der Waals surface area (Å²) >= 11 is 6.06. The van der Waals surface area contributed by atoms with E-state index in [9.17, 15) is 24.6 Å². The Labute approximate surface area is 210 Å². The Kier molecular flexibility index (Phi) is 6.76. The van der Waals surface area contributed by atoms with Crippen LogP contribution < -0.4 is 4.90 Å². The Bertz CT molecular complexity index is 1030. The highest BCUT2D eigenvalue weighted by atomic mass is 35.5. The number of anilines is 1. The van der Waals surface area contributed by atoms with Crippen LogP contribution in [-0.2, 0) is 19.1 Å². The van der Waals surface area contributed by atoms with Gasteiger partial charge in [0.05, 0.1) is 24.2 Å². The Hall–Kier alpha value is -2.42. The summed E-state index contributed by atoms with van der Waals surface area (Å²) in [6, 6.07) is 5.04. The summed E-state index contributed by atoms with van der Waals surface area (Å²) in [6.45, 7) is 9.20. The van der Waals surface area contributed by atoms with Crippen LogP contribution in [0.2, 0.25) is 5.02 Å². The van der Waals surface area contributed by atoms with Gasteiger partial charge in [0.15, 0.2) is 0 Å². The maximum atomic E-state index is 14.4. The van der Waals surface area contributed by atoms with Gasteiger partial charge in [-0.2, -0.15) is 0 Å². The number of aliphatic carboxylic acids is 1. The number of likely N-dealkylation sites (tertiary alicyclic amines) is 1. The number of rotatable bonds is 9. The first-order valence-corrected chi connectivity index (χ1v) is 12.5. The normalized spacial score (nSPS) is 32.1. The van der Waals surface area contributed by atoms with Gasteiger partial charge in [0.25, 0.3) is 5.91 Å². The van der Waals surface area contributed by atoms with Gasteiger partial charge in [0.1, 0.15) is 17.6 Å². The van der Waals surface area contributed by atoms with Crippen molar-refractivity contribution >= 4 is 35.1 Å². The Morgan fingerprint density at radius 1 is 1.31 bits per heavy atom. The molecule has 2 N–H and O–H groups in total. The molecule has 3 saturated heterocycles. The predicted molar refractivity (Wildman–Crippen MR) is 131 cm³/mol. The molecular formula is C26H33ClN2O6. The summed E-state index contributed by atoms with van der Waals surface area (Å²) in [7, 11) is 0. The van der Waals surface area contributed by atoms with Crippen molar-refractivity contribution < 1.29 is 29.3 Å². The van der Waals surface area contributed by atoms with Crippen molar-refractivity contribution in [1.29, 1.82) is 0 Å². The second-order valence-electron chi connectivity index (χ2n) is 10.1. The van der Waals surface area contributed by atoms with Crippen LogP contribution in [0.3, 0.4) is 0 Å². The summed E-state index contributed by atoms with van der Waals surface area (Å²) in [4.78, 5) is 43.7. The number of halogens is 1. The summed E-state index contributed by atoms with van der Waals surface area (Å²) in [6.07, 6.45) is 2.87. The van der Waals surface area contributed by atoms with Crippen molar-refractivity contribution in [3.63, 3.8) is 0 Å². The van der Waals surface area contributed by atoms with Crippen molar-refractivity contribution in [2.24, 2.45) is 17.8 Å². The van der Waals surface area contributed by atoms with Crippen LogP contribution in [0, 0.1) is 17.8 Å². The van der Waals surface area contributed by atoms with E-state index < -0.39 is 47.0 Å². The average molecular weight is 505 g/mol. The van der Waals surface area contributed by atoms with E-state index in [1.165, 1.54) is 9.80 Å². The van der Waals surface area contributed by atoms with Crippen LogP contribution in [0.1, 0.15) is 40.0 Å². The molecule has 0 aliphatic carbocycles. The summed E-state index contributed by atoms with van der Waals surface area (Å²) in [5.41, 5.74) is -1.70. The fourth-order valence-corrected chi connectivity index (χ4v) is 6.63. The summed E-state index contributed by atoms with van der Waals surface area (Å²) in [5.74, 6) is -4.13. The third-order valence-electron chi connectivity index (χ3n) is 8.15. The second-order valence-corrected chi connectivity index (χ2v) is 10.6. The van der Waals surface area contributed by atoms with Gasteiger partial charge in [0, 0.05) is 17.3 Å². The summed E-state index contributed by atoms with van der Waals surface area (Å²) < 4.78 is 6.57. The van der Waals surface area contributed by atoms with Gasteiger partial charge in [-0.15, -0.1) is 6.58 Å². The Morgan fingerprint density at radius 3 is 2.49 bits per heavy atom. The number of aliphatic hydroxyl groups is 1. The number of carboxylic acids is 1. The molecule has 0 saturated carbocycles. The molecule has 1 aromatic carbocycles. The van der Waals surface area contributed by atoms with Gasteiger partial charge in [-0.05, 0) is 49.4 Å². The minimum Gasteiger partial charge on any atom is -0.481 e. The van der Waals surface area contributed by atoms with Gasteiger partial charge in [0.2, 0.25) is 5.91 Å². The largest absolute Gasteiger partial charge is 0.481 e. The van der Waals surface area contributed by atoms with Gasteiger partial charge in [-0.3, -0.25) is 14.4 Å². The van der Waals surface area contributed by atoms with E-state index in [1.807, 2.05) is 20.8 Å². The van der Waals surface area contributed by atoms with E-state index in [0.717, 1.165) is 0 Å². The third kappa shape index (κ3) is 3.69. The zero-order valence-corrected chi connectivity index (χ0v) is 21.1. The number of hydrogen-bond donors (Lipinski definition) is 2. The molecule has 4 rings (SSSR count). The number of amides is 2. The van der Waals surface area contributed by atoms with E-state index in [4.69, 9.17) is 16.3 Å². The number of carboxylic acid groups (broad SMARTS) is 1. The monoisotopic (exact) mass is 504 g/mol. The minimum absolute atomic E-state index is 0.168. The Balaban J connectivity index is 1.88. The quantitative estimate of drug-likeness (QED) is 0.500. The van der Waals surface area contributed by atoms with Crippen LogP contribution in [0.25, 0.3) is 0 Å². The number of carbonyl (C=O) groups excluding carboxylic acids is 2. The van der Waals surface area contributed by atoms with Crippen molar-refractivity contribution in [1.82, 2.24) is 4.90 Å². The number of benzene rings is 1. The molecule has 3 aliphatic rings. The lowest BCUT2D eigenvalue weighted by Crippen LogP contribution is -2.60. The maximum Gasteiger partial charge on any atom is 0.310 e. The van der Waals surface area contributed by atoms with Gasteiger partial charge in [-0.25, -0.2) is 0 Å². The average Bonchev–Trinajstić information content (AvgIpc) is 3.42. The first kappa shape index (κ1) is 25.7. The van der Waals surface area contributed by atoms with E-state index in [2.05, 4.69) is 6.58 Å². The van der Waals surface area contributed by atoms with Crippen LogP contribution in [0.5, 0.6) is 0 Å². The molecule has 8 nitrogen and oxygen atoms in total. The standard InChI is InChI=1S/C26H33ClN2O6/c1-5-13-28(17-9-7-16(27)8-10-17)23(32)21-26-12-11-25(6-2,35-26)20(24(33)34)19(26)22(31)29(21)18(14-30)15(3)4/h5,7-10,15,18-21,30H,1,6,11-14H2,2-4H3,(H,33,34)/t18-,19-,20+,21?,25-,26?/m0/s1. The maximum absolute atomic E-state index is 14.4. The fourth-order valence-electron chi connectivity index (χ4n) is 6.51. The highest BCUT2D eigenvalue weighted by Crippen LogP contribution is 2.64. The molecule has 0 aromatic heterocycles. The molecule has 3 heterocycles. The molecule has 2 amide bonds. The molecule has 0 radical (unpaired) electrons. The topological polar surface area (TPSA) is 107 Å². The molecule has 3 aliphatic heterocycles. The van der Waals surface area contributed by atoms with Gasteiger partial charge < -0.3 is 24.7 Å². The molecule has 1 spiro atoms. The first-order chi connectivity index (χ1) is 16.6. The summed E-state index contributed by atoms with van der Waals surface area (Å²) in [5, 5.41) is 21.0.